The first-order valence-corrected chi connectivity index (χ1v) is 5.98. The van der Waals surface area contributed by atoms with E-state index in [2.05, 4.69) is 10.4 Å². The maximum absolute atomic E-state index is 11.8. The maximum Gasteiger partial charge on any atom is 0.246 e. The van der Waals surface area contributed by atoms with Crippen molar-refractivity contribution in [2.24, 2.45) is 0 Å². The van der Waals surface area contributed by atoms with Gasteiger partial charge < -0.3 is 5.32 Å². The Labute approximate surface area is 111 Å². The van der Waals surface area contributed by atoms with Crippen molar-refractivity contribution < 1.29 is 4.79 Å². The Bertz CT molecular complexity index is 577. The number of amides is 1. The Kier molecular flexibility index (Phi) is 3.67. The van der Waals surface area contributed by atoms with E-state index in [9.17, 15) is 4.79 Å². The summed E-state index contributed by atoms with van der Waals surface area (Å²) in [6, 6.07) is 7.46. The summed E-state index contributed by atoms with van der Waals surface area (Å²) in [6.07, 6.45) is 1.67. The van der Waals surface area contributed by atoms with E-state index in [0.717, 1.165) is 11.3 Å². The van der Waals surface area contributed by atoms with Gasteiger partial charge in [-0.05, 0) is 43.2 Å². The Morgan fingerprint density at radius 3 is 2.72 bits per heavy atom. The Morgan fingerprint density at radius 1 is 1.33 bits per heavy atom. The standard InChI is InChI=1S/C13H14ClN3O/c1-9-3-4-11(7-10(9)2)15-13(18)8-17-6-5-12(14)16-17/h3-7H,8H2,1-2H3,(H,15,18). The number of aryl methyl sites for hydroxylation is 2. The lowest BCUT2D eigenvalue weighted by molar-refractivity contribution is -0.116. The molecule has 1 heterocycles. The highest BCUT2D eigenvalue weighted by atomic mass is 35.5. The molecular weight excluding hydrogens is 250 g/mol. The highest BCUT2D eigenvalue weighted by Gasteiger charge is 2.05. The molecule has 0 saturated carbocycles. The first kappa shape index (κ1) is 12.6. The number of anilines is 1. The number of carbonyl (C=O) groups excluding carboxylic acids is 1. The molecule has 5 heteroatoms. The van der Waals surface area contributed by atoms with Crippen LogP contribution in [0, 0.1) is 13.8 Å². The van der Waals surface area contributed by atoms with Crippen molar-refractivity contribution in [2.45, 2.75) is 20.4 Å². The summed E-state index contributed by atoms with van der Waals surface area (Å²) >= 11 is 5.68. The molecule has 1 aromatic heterocycles. The van der Waals surface area contributed by atoms with Crippen LogP contribution in [0.25, 0.3) is 0 Å². The summed E-state index contributed by atoms with van der Waals surface area (Å²) < 4.78 is 1.50. The number of benzene rings is 1. The SMILES string of the molecule is Cc1ccc(NC(=O)Cn2ccc(Cl)n2)cc1C. The van der Waals surface area contributed by atoms with Crippen molar-refractivity contribution in [3.8, 4) is 0 Å². The fourth-order valence-electron chi connectivity index (χ4n) is 1.59. The zero-order chi connectivity index (χ0) is 13.1. The average molecular weight is 264 g/mol. The van der Waals surface area contributed by atoms with Crippen LogP contribution in [0.4, 0.5) is 5.69 Å². The quantitative estimate of drug-likeness (QED) is 0.926. The largest absolute Gasteiger partial charge is 0.324 e. The molecule has 0 aliphatic heterocycles. The predicted molar refractivity (Wildman–Crippen MR) is 71.8 cm³/mol. The molecule has 4 nitrogen and oxygen atoms in total. The fraction of sp³-hybridized carbons (Fsp3) is 0.231. The lowest BCUT2D eigenvalue weighted by Gasteiger charge is -2.07. The van der Waals surface area contributed by atoms with Gasteiger partial charge in [0.15, 0.2) is 5.15 Å². The molecule has 2 aromatic rings. The monoisotopic (exact) mass is 263 g/mol. The van der Waals surface area contributed by atoms with Gasteiger partial charge in [-0.15, -0.1) is 0 Å². The number of halogens is 1. The van der Waals surface area contributed by atoms with Crippen LogP contribution in [0.2, 0.25) is 5.15 Å². The first-order valence-electron chi connectivity index (χ1n) is 5.60. The van der Waals surface area contributed by atoms with E-state index in [1.807, 2.05) is 32.0 Å². The normalized spacial score (nSPS) is 10.4. The van der Waals surface area contributed by atoms with Gasteiger partial charge in [0.1, 0.15) is 6.54 Å². The number of aromatic nitrogens is 2. The van der Waals surface area contributed by atoms with Gasteiger partial charge in [-0.25, -0.2) is 0 Å². The van der Waals surface area contributed by atoms with Gasteiger partial charge in [0, 0.05) is 11.9 Å². The molecule has 1 N–H and O–H groups in total. The molecule has 0 aliphatic carbocycles. The summed E-state index contributed by atoms with van der Waals surface area (Å²) in [5.41, 5.74) is 3.14. The van der Waals surface area contributed by atoms with Crippen molar-refractivity contribution >= 4 is 23.2 Å². The smallest absolute Gasteiger partial charge is 0.246 e. The minimum Gasteiger partial charge on any atom is -0.324 e. The van der Waals surface area contributed by atoms with Gasteiger partial charge in [-0.1, -0.05) is 17.7 Å². The van der Waals surface area contributed by atoms with E-state index in [1.165, 1.54) is 10.2 Å². The maximum atomic E-state index is 11.8. The van der Waals surface area contributed by atoms with E-state index in [-0.39, 0.29) is 12.5 Å². The van der Waals surface area contributed by atoms with Gasteiger partial charge in [-0.3, -0.25) is 9.48 Å². The third kappa shape index (κ3) is 3.11. The Morgan fingerprint density at radius 2 is 2.11 bits per heavy atom. The summed E-state index contributed by atoms with van der Waals surface area (Å²) in [7, 11) is 0. The van der Waals surface area contributed by atoms with Crippen LogP contribution in [0.5, 0.6) is 0 Å². The lowest BCUT2D eigenvalue weighted by Crippen LogP contribution is -2.19. The van der Waals surface area contributed by atoms with Crippen molar-refractivity contribution in [3.63, 3.8) is 0 Å². The number of hydrogen-bond donors (Lipinski definition) is 1. The molecular formula is C13H14ClN3O. The molecule has 0 spiro atoms. The number of carbonyl (C=O) groups is 1. The second kappa shape index (κ2) is 5.23. The molecule has 18 heavy (non-hydrogen) atoms. The van der Waals surface area contributed by atoms with Gasteiger partial charge in [-0.2, -0.15) is 5.10 Å². The first-order chi connectivity index (χ1) is 8.54. The van der Waals surface area contributed by atoms with E-state index >= 15 is 0 Å². The summed E-state index contributed by atoms with van der Waals surface area (Å²) in [5.74, 6) is -0.127. The highest BCUT2D eigenvalue weighted by Crippen LogP contribution is 2.14. The van der Waals surface area contributed by atoms with Crippen molar-refractivity contribution in [1.29, 1.82) is 0 Å². The molecule has 0 fully saturated rings. The van der Waals surface area contributed by atoms with Crippen LogP contribution >= 0.6 is 11.6 Å². The van der Waals surface area contributed by atoms with Gasteiger partial charge in [0.05, 0.1) is 0 Å². The topological polar surface area (TPSA) is 46.9 Å². The Balaban J connectivity index is 2.00. The van der Waals surface area contributed by atoms with Crippen molar-refractivity contribution in [1.82, 2.24) is 9.78 Å². The molecule has 0 bridgehead atoms. The summed E-state index contributed by atoms with van der Waals surface area (Å²) in [4.78, 5) is 11.8. The molecule has 0 saturated heterocycles. The molecule has 0 aliphatic rings. The average Bonchev–Trinajstić information content (AvgIpc) is 2.69. The second-order valence-electron chi connectivity index (χ2n) is 4.18. The van der Waals surface area contributed by atoms with Crippen molar-refractivity contribution in [2.75, 3.05) is 5.32 Å². The van der Waals surface area contributed by atoms with Crippen LogP contribution in [-0.2, 0) is 11.3 Å². The lowest BCUT2D eigenvalue weighted by atomic mass is 10.1. The predicted octanol–water partition coefficient (Wildman–Crippen LogP) is 2.79. The number of nitrogens with zero attached hydrogens (tertiary/aromatic N) is 2. The summed E-state index contributed by atoms with van der Waals surface area (Å²) in [5, 5.41) is 7.15. The van der Waals surface area contributed by atoms with Crippen LogP contribution in [0.3, 0.4) is 0 Å². The zero-order valence-corrected chi connectivity index (χ0v) is 11.0. The van der Waals surface area contributed by atoms with E-state index in [4.69, 9.17) is 11.6 Å². The van der Waals surface area contributed by atoms with E-state index in [0.29, 0.717) is 5.15 Å². The molecule has 0 atom stereocenters. The minimum absolute atomic E-state index is 0.127. The number of hydrogen-bond acceptors (Lipinski definition) is 2. The van der Waals surface area contributed by atoms with Crippen LogP contribution < -0.4 is 5.32 Å². The number of nitrogens with one attached hydrogen (secondary N) is 1. The van der Waals surface area contributed by atoms with Gasteiger partial charge >= 0.3 is 0 Å². The summed E-state index contributed by atoms with van der Waals surface area (Å²) in [6.45, 7) is 4.20. The molecule has 1 aromatic carbocycles. The molecule has 1 amide bonds. The molecule has 0 unspecified atom stereocenters. The van der Waals surface area contributed by atoms with Crippen LogP contribution in [0.15, 0.2) is 30.5 Å². The molecule has 0 radical (unpaired) electrons. The van der Waals surface area contributed by atoms with Crippen LogP contribution in [-0.4, -0.2) is 15.7 Å². The Hall–Kier alpha value is -1.81. The van der Waals surface area contributed by atoms with Crippen molar-refractivity contribution in [3.05, 3.63) is 46.7 Å². The zero-order valence-electron chi connectivity index (χ0n) is 10.3. The van der Waals surface area contributed by atoms with Gasteiger partial charge in [0.2, 0.25) is 5.91 Å². The fourth-order valence-corrected chi connectivity index (χ4v) is 1.75. The highest BCUT2D eigenvalue weighted by molar-refractivity contribution is 6.29. The number of rotatable bonds is 3. The van der Waals surface area contributed by atoms with E-state index < -0.39 is 0 Å². The molecule has 2 rings (SSSR count). The third-order valence-corrected chi connectivity index (χ3v) is 2.91. The third-order valence-electron chi connectivity index (χ3n) is 2.70. The van der Waals surface area contributed by atoms with Gasteiger partial charge in [0.25, 0.3) is 0 Å². The minimum atomic E-state index is -0.127. The molecule has 94 valence electrons. The van der Waals surface area contributed by atoms with Crippen LogP contribution in [0.1, 0.15) is 11.1 Å². The van der Waals surface area contributed by atoms with E-state index in [1.54, 1.807) is 12.3 Å². The second-order valence-corrected chi connectivity index (χ2v) is 4.57.